The van der Waals surface area contributed by atoms with Crippen molar-refractivity contribution in [3.63, 3.8) is 0 Å². The first kappa shape index (κ1) is 18.7. The molecule has 0 spiro atoms. The van der Waals surface area contributed by atoms with Crippen molar-refractivity contribution in [2.75, 3.05) is 25.5 Å². The fourth-order valence-electron chi connectivity index (χ4n) is 2.77. The average molecular weight is 350 g/mol. The van der Waals surface area contributed by atoms with Crippen LogP contribution in [0.2, 0.25) is 0 Å². The maximum atomic E-state index is 12.0. The van der Waals surface area contributed by atoms with Gasteiger partial charge in [-0.3, -0.25) is 14.7 Å². The number of ether oxygens (including phenoxy) is 1. The number of hydrogen-bond donors (Lipinski definition) is 3. The Labute approximate surface area is 145 Å². The van der Waals surface area contributed by atoms with Crippen molar-refractivity contribution in [3.8, 4) is 0 Å². The number of methoxy groups -OCH3 is 1. The van der Waals surface area contributed by atoms with Crippen molar-refractivity contribution in [2.24, 2.45) is 0 Å². The van der Waals surface area contributed by atoms with Gasteiger partial charge >= 0.3 is 18.0 Å². The topological polar surface area (TPSA) is 121 Å². The van der Waals surface area contributed by atoms with Crippen LogP contribution in [0.3, 0.4) is 0 Å². The Morgan fingerprint density at radius 1 is 1.36 bits per heavy atom. The number of nitrogens with one attached hydrogen (secondary N) is 2. The molecule has 0 saturated heterocycles. The van der Waals surface area contributed by atoms with E-state index in [2.05, 4.69) is 20.4 Å². The summed E-state index contributed by atoms with van der Waals surface area (Å²) in [5.74, 6) is -1.38. The van der Waals surface area contributed by atoms with Crippen molar-refractivity contribution in [1.29, 1.82) is 0 Å². The Bertz CT molecular complexity index is 645. The summed E-state index contributed by atoms with van der Waals surface area (Å²) in [6, 6.07) is 1.24. The number of carbonyl (C=O) groups is 3. The number of urea groups is 1. The molecule has 1 aromatic rings. The predicted octanol–water partition coefficient (Wildman–Crippen LogP) is 0.927. The molecule has 3 N–H and O–H groups in total. The molecule has 2 rings (SSSR count). The largest absolute Gasteiger partial charge is 0.480 e. The van der Waals surface area contributed by atoms with E-state index in [1.807, 2.05) is 11.8 Å². The number of carboxylic acids is 1. The van der Waals surface area contributed by atoms with Crippen molar-refractivity contribution in [2.45, 2.75) is 31.8 Å². The highest BCUT2D eigenvalue weighted by atomic mass is 16.5. The molecule has 1 aliphatic carbocycles. The first-order valence-corrected chi connectivity index (χ1v) is 7.99. The molecule has 1 aromatic heterocycles. The number of nitrogens with zero attached hydrogens (tertiary/aromatic N) is 2. The van der Waals surface area contributed by atoms with Crippen LogP contribution in [0.25, 0.3) is 0 Å². The van der Waals surface area contributed by atoms with Gasteiger partial charge in [-0.25, -0.2) is 9.59 Å². The molecule has 136 valence electrons. The second-order valence-electron chi connectivity index (χ2n) is 5.83. The minimum absolute atomic E-state index is 0.00602. The number of amides is 2. The zero-order valence-corrected chi connectivity index (χ0v) is 14.2. The third-order valence-corrected chi connectivity index (χ3v) is 4.13. The second kappa shape index (κ2) is 8.43. The Morgan fingerprint density at radius 2 is 2.08 bits per heavy atom. The highest BCUT2D eigenvalue weighted by Crippen LogP contribution is 2.25. The Morgan fingerprint density at radius 3 is 2.68 bits per heavy atom. The molecule has 0 atom stereocenters. The number of pyridine rings is 1. The number of aliphatic carboxylic acids is 1. The molecular weight excluding hydrogens is 328 g/mol. The van der Waals surface area contributed by atoms with E-state index in [1.165, 1.54) is 25.6 Å². The van der Waals surface area contributed by atoms with Crippen LogP contribution in [0.4, 0.5) is 10.5 Å². The first-order valence-electron chi connectivity index (χ1n) is 7.99. The minimum Gasteiger partial charge on any atom is -0.480 e. The number of likely N-dealkylation sites (N-methyl/N-ethyl adjacent to an activating group) is 1. The molecule has 1 saturated carbocycles. The van der Waals surface area contributed by atoms with Gasteiger partial charge in [0.05, 0.1) is 31.1 Å². The molecule has 0 bridgehead atoms. The number of carbonyl (C=O) groups excluding carboxylic acids is 2. The summed E-state index contributed by atoms with van der Waals surface area (Å²) in [6.07, 6.45) is 4.19. The number of aromatic nitrogens is 1. The zero-order valence-electron chi connectivity index (χ0n) is 14.2. The molecule has 1 heterocycles. The lowest BCUT2D eigenvalue weighted by molar-refractivity contribution is -0.139. The molecule has 0 unspecified atom stereocenters. The van der Waals surface area contributed by atoms with Gasteiger partial charge in [0.2, 0.25) is 0 Å². The molecule has 2 amide bonds. The lowest BCUT2D eigenvalue weighted by Gasteiger charge is -2.42. The second-order valence-corrected chi connectivity index (χ2v) is 5.83. The van der Waals surface area contributed by atoms with Crippen LogP contribution in [0.15, 0.2) is 18.5 Å². The van der Waals surface area contributed by atoms with Crippen LogP contribution in [0.1, 0.15) is 30.1 Å². The summed E-state index contributed by atoms with van der Waals surface area (Å²) in [6.45, 7) is 2.58. The van der Waals surface area contributed by atoms with Crippen LogP contribution in [-0.2, 0) is 9.53 Å². The molecule has 0 aromatic carbocycles. The lowest BCUT2D eigenvalue weighted by Crippen LogP contribution is -2.55. The maximum absolute atomic E-state index is 12.0. The van der Waals surface area contributed by atoms with Crippen molar-refractivity contribution >= 4 is 23.7 Å². The Balaban J connectivity index is 1.80. The molecular formula is C16H22N4O5. The molecule has 25 heavy (non-hydrogen) atoms. The first-order chi connectivity index (χ1) is 11.9. The summed E-state index contributed by atoms with van der Waals surface area (Å²) >= 11 is 0. The predicted molar refractivity (Wildman–Crippen MR) is 89.4 cm³/mol. The number of esters is 1. The summed E-state index contributed by atoms with van der Waals surface area (Å²) in [5, 5.41) is 14.3. The number of carboxylic acid groups (broad SMARTS) is 1. The van der Waals surface area contributed by atoms with Gasteiger partial charge in [0.1, 0.15) is 0 Å². The highest BCUT2D eigenvalue weighted by Gasteiger charge is 2.34. The molecule has 0 aliphatic heterocycles. The third kappa shape index (κ3) is 5.15. The minimum atomic E-state index is -0.853. The Hall–Kier alpha value is -2.68. The van der Waals surface area contributed by atoms with Crippen LogP contribution < -0.4 is 10.6 Å². The van der Waals surface area contributed by atoms with Crippen LogP contribution in [-0.4, -0.2) is 65.2 Å². The van der Waals surface area contributed by atoms with E-state index in [1.54, 1.807) is 0 Å². The summed E-state index contributed by atoms with van der Waals surface area (Å²) in [5.41, 5.74) is 0.633. The normalized spacial score (nSPS) is 19.0. The maximum Gasteiger partial charge on any atom is 0.339 e. The molecule has 9 heteroatoms. The van der Waals surface area contributed by atoms with E-state index in [9.17, 15) is 14.4 Å². The van der Waals surface area contributed by atoms with Crippen LogP contribution >= 0.6 is 0 Å². The lowest BCUT2D eigenvalue weighted by atomic mass is 9.85. The van der Waals surface area contributed by atoms with Gasteiger partial charge < -0.3 is 20.5 Å². The number of rotatable bonds is 7. The van der Waals surface area contributed by atoms with Gasteiger partial charge in [0.25, 0.3) is 0 Å². The quantitative estimate of drug-likeness (QED) is 0.625. The number of hydrogen-bond acceptors (Lipinski definition) is 6. The highest BCUT2D eigenvalue weighted by molar-refractivity contribution is 5.93. The van der Waals surface area contributed by atoms with E-state index in [0.717, 1.165) is 0 Å². The van der Waals surface area contributed by atoms with Gasteiger partial charge in [-0.2, -0.15) is 0 Å². The van der Waals surface area contributed by atoms with Crippen molar-refractivity contribution in [1.82, 2.24) is 15.2 Å². The molecule has 1 fully saturated rings. The van der Waals surface area contributed by atoms with Crippen molar-refractivity contribution < 1.29 is 24.2 Å². The van der Waals surface area contributed by atoms with E-state index in [4.69, 9.17) is 5.11 Å². The van der Waals surface area contributed by atoms with E-state index in [0.29, 0.717) is 25.1 Å². The smallest absolute Gasteiger partial charge is 0.339 e. The fraction of sp³-hybridized carbons (Fsp3) is 0.500. The zero-order chi connectivity index (χ0) is 18.4. The monoisotopic (exact) mass is 350 g/mol. The summed E-state index contributed by atoms with van der Waals surface area (Å²) < 4.78 is 4.61. The van der Waals surface area contributed by atoms with Crippen LogP contribution in [0, 0.1) is 0 Å². The molecule has 0 radical (unpaired) electrons. The summed E-state index contributed by atoms with van der Waals surface area (Å²) in [7, 11) is 1.27. The summed E-state index contributed by atoms with van der Waals surface area (Å²) in [4.78, 5) is 40.0. The van der Waals surface area contributed by atoms with E-state index in [-0.39, 0.29) is 24.2 Å². The van der Waals surface area contributed by atoms with Crippen molar-refractivity contribution in [3.05, 3.63) is 24.0 Å². The van der Waals surface area contributed by atoms with Crippen LogP contribution in [0.5, 0.6) is 0 Å². The standard InChI is InChI=1S/C16H22N4O5/c1-3-20(9-14(21)22)13-5-11(6-13)18-16(24)19-12-4-10(7-17-8-12)15(23)25-2/h4,7-8,11,13H,3,5-6,9H2,1-2H3,(H,21,22)(H2,18,19,24). The average Bonchev–Trinajstić information content (AvgIpc) is 2.55. The van der Waals surface area contributed by atoms with E-state index >= 15 is 0 Å². The SMILES string of the molecule is CCN(CC(=O)O)C1CC(NC(=O)Nc2cncc(C(=O)OC)c2)C1. The Kier molecular flexibility index (Phi) is 6.29. The third-order valence-electron chi connectivity index (χ3n) is 4.13. The van der Waals surface area contributed by atoms with Gasteiger partial charge in [0.15, 0.2) is 0 Å². The van der Waals surface area contributed by atoms with Gasteiger partial charge in [-0.15, -0.1) is 0 Å². The van der Waals surface area contributed by atoms with Gasteiger partial charge in [0, 0.05) is 18.3 Å². The fourth-order valence-corrected chi connectivity index (χ4v) is 2.77. The number of anilines is 1. The van der Waals surface area contributed by atoms with E-state index < -0.39 is 18.0 Å². The molecule has 9 nitrogen and oxygen atoms in total. The van der Waals surface area contributed by atoms with Gasteiger partial charge in [-0.05, 0) is 25.5 Å². The molecule has 1 aliphatic rings. The van der Waals surface area contributed by atoms with Gasteiger partial charge in [-0.1, -0.05) is 6.92 Å².